The number of hydrogen-bond donors (Lipinski definition) is 2. The number of rotatable bonds is 4. The third-order valence-electron chi connectivity index (χ3n) is 1.15. The molecule has 0 heterocycles. The standard InChI is InChI=1S/C7H14O2/c1-3-7(9)5-4-6(2)8/h3,6-9H,1,4-5H2,2H3/t6-,7-/m1/s1. The Labute approximate surface area is 55.8 Å². The Morgan fingerprint density at radius 1 is 1.44 bits per heavy atom. The minimum atomic E-state index is -0.459. The van der Waals surface area contributed by atoms with E-state index in [1.54, 1.807) is 6.92 Å². The zero-order valence-corrected chi connectivity index (χ0v) is 5.75. The second kappa shape index (κ2) is 4.53. The highest BCUT2D eigenvalue weighted by atomic mass is 16.3. The molecule has 0 aromatic rings. The van der Waals surface area contributed by atoms with E-state index in [1.807, 2.05) is 0 Å². The van der Waals surface area contributed by atoms with Crippen LogP contribution < -0.4 is 0 Å². The quantitative estimate of drug-likeness (QED) is 0.550. The molecule has 0 aliphatic heterocycles. The number of aliphatic hydroxyl groups is 2. The molecule has 0 aliphatic carbocycles. The summed E-state index contributed by atoms with van der Waals surface area (Å²) >= 11 is 0. The second-order valence-electron chi connectivity index (χ2n) is 2.23. The Balaban J connectivity index is 3.16. The summed E-state index contributed by atoms with van der Waals surface area (Å²) in [5.41, 5.74) is 0. The molecule has 2 nitrogen and oxygen atoms in total. The molecule has 0 radical (unpaired) electrons. The molecule has 0 fully saturated rings. The number of hydrogen-bond acceptors (Lipinski definition) is 2. The van der Waals surface area contributed by atoms with Crippen LogP contribution in [0.25, 0.3) is 0 Å². The molecule has 9 heavy (non-hydrogen) atoms. The number of aliphatic hydroxyl groups excluding tert-OH is 2. The molecule has 2 atom stereocenters. The summed E-state index contributed by atoms with van der Waals surface area (Å²) in [5, 5.41) is 17.6. The summed E-state index contributed by atoms with van der Waals surface area (Å²) in [7, 11) is 0. The van der Waals surface area contributed by atoms with Crippen LogP contribution in [0.15, 0.2) is 12.7 Å². The van der Waals surface area contributed by atoms with Crippen molar-refractivity contribution >= 4 is 0 Å². The monoisotopic (exact) mass is 130 g/mol. The first-order chi connectivity index (χ1) is 4.16. The first kappa shape index (κ1) is 8.66. The first-order valence-corrected chi connectivity index (χ1v) is 3.15. The van der Waals surface area contributed by atoms with Gasteiger partial charge in [0, 0.05) is 0 Å². The van der Waals surface area contributed by atoms with Gasteiger partial charge in [-0.2, -0.15) is 0 Å². The molecule has 0 bridgehead atoms. The van der Waals surface area contributed by atoms with E-state index in [0.717, 1.165) is 0 Å². The lowest BCUT2D eigenvalue weighted by molar-refractivity contribution is 0.146. The Morgan fingerprint density at radius 3 is 2.33 bits per heavy atom. The third kappa shape index (κ3) is 5.53. The van der Waals surface area contributed by atoms with Crippen LogP contribution in [0.4, 0.5) is 0 Å². The van der Waals surface area contributed by atoms with E-state index >= 15 is 0 Å². The van der Waals surface area contributed by atoms with Gasteiger partial charge in [0.1, 0.15) is 0 Å². The van der Waals surface area contributed by atoms with Gasteiger partial charge in [-0.3, -0.25) is 0 Å². The SMILES string of the molecule is C=C[C@@H](O)CC[C@@H](C)O. The van der Waals surface area contributed by atoms with Gasteiger partial charge in [0.25, 0.3) is 0 Å². The maximum absolute atomic E-state index is 8.88. The highest BCUT2D eigenvalue weighted by Gasteiger charge is 2.00. The molecule has 0 aromatic carbocycles. The molecule has 0 aromatic heterocycles. The normalized spacial score (nSPS) is 16.8. The molecular formula is C7H14O2. The van der Waals surface area contributed by atoms with E-state index in [-0.39, 0.29) is 6.10 Å². The van der Waals surface area contributed by atoms with Gasteiger partial charge in [-0.25, -0.2) is 0 Å². The molecule has 54 valence electrons. The van der Waals surface area contributed by atoms with Gasteiger partial charge in [0.15, 0.2) is 0 Å². The summed E-state index contributed by atoms with van der Waals surface area (Å²) in [4.78, 5) is 0. The lowest BCUT2D eigenvalue weighted by Crippen LogP contribution is -2.07. The van der Waals surface area contributed by atoms with E-state index in [9.17, 15) is 0 Å². The average molecular weight is 130 g/mol. The summed E-state index contributed by atoms with van der Waals surface area (Å²) in [6, 6.07) is 0. The minimum absolute atomic E-state index is 0.320. The van der Waals surface area contributed by atoms with Crippen LogP contribution in [0.2, 0.25) is 0 Å². The van der Waals surface area contributed by atoms with Crippen molar-refractivity contribution in [1.82, 2.24) is 0 Å². The molecule has 0 aliphatic rings. The van der Waals surface area contributed by atoms with Crippen molar-refractivity contribution < 1.29 is 10.2 Å². The highest BCUT2D eigenvalue weighted by molar-refractivity contribution is 4.77. The maximum Gasteiger partial charge on any atom is 0.0719 e. The van der Waals surface area contributed by atoms with Crippen LogP contribution >= 0.6 is 0 Å². The molecule has 0 saturated heterocycles. The van der Waals surface area contributed by atoms with Crippen molar-refractivity contribution in [2.45, 2.75) is 32.0 Å². The topological polar surface area (TPSA) is 40.5 Å². The van der Waals surface area contributed by atoms with Crippen molar-refractivity contribution in [2.24, 2.45) is 0 Å². The Morgan fingerprint density at radius 2 is 2.00 bits per heavy atom. The average Bonchev–Trinajstić information content (AvgIpc) is 1.83. The van der Waals surface area contributed by atoms with Gasteiger partial charge in [0.05, 0.1) is 12.2 Å². The summed E-state index contributed by atoms with van der Waals surface area (Å²) in [6.07, 6.45) is 1.93. The van der Waals surface area contributed by atoms with Crippen molar-refractivity contribution in [1.29, 1.82) is 0 Å². The van der Waals surface area contributed by atoms with E-state index in [1.165, 1.54) is 6.08 Å². The van der Waals surface area contributed by atoms with Crippen molar-refractivity contribution in [3.8, 4) is 0 Å². The molecule has 0 spiro atoms. The van der Waals surface area contributed by atoms with E-state index in [4.69, 9.17) is 10.2 Å². The second-order valence-corrected chi connectivity index (χ2v) is 2.23. The maximum atomic E-state index is 8.88. The highest BCUT2D eigenvalue weighted by Crippen LogP contribution is 2.00. The fraction of sp³-hybridized carbons (Fsp3) is 0.714. The predicted octanol–water partition coefficient (Wildman–Crippen LogP) is 0.694. The smallest absolute Gasteiger partial charge is 0.0719 e. The van der Waals surface area contributed by atoms with E-state index in [2.05, 4.69) is 6.58 Å². The molecule has 0 saturated carbocycles. The fourth-order valence-corrected chi connectivity index (χ4v) is 0.530. The van der Waals surface area contributed by atoms with Gasteiger partial charge in [-0.05, 0) is 19.8 Å². The molecule has 2 N–H and O–H groups in total. The summed E-state index contributed by atoms with van der Waals surface area (Å²) in [6.45, 7) is 5.11. The van der Waals surface area contributed by atoms with Gasteiger partial charge in [-0.1, -0.05) is 6.08 Å². The molecule has 0 unspecified atom stereocenters. The van der Waals surface area contributed by atoms with Crippen molar-refractivity contribution in [2.75, 3.05) is 0 Å². The van der Waals surface area contributed by atoms with E-state index < -0.39 is 6.10 Å². The fourth-order valence-electron chi connectivity index (χ4n) is 0.530. The lowest BCUT2D eigenvalue weighted by Gasteiger charge is -2.05. The minimum Gasteiger partial charge on any atom is -0.393 e. The largest absolute Gasteiger partial charge is 0.393 e. The van der Waals surface area contributed by atoms with Gasteiger partial charge >= 0.3 is 0 Å². The molecular weight excluding hydrogens is 116 g/mol. The predicted molar refractivity (Wildman–Crippen MR) is 37.1 cm³/mol. The molecule has 0 rings (SSSR count). The Kier molecular flexibility index (Phi) is 4.36. The van der Waals surface area contributed by atoms with Crippen LogP contribution in [0.1, 0.15) is 19.8 Å². The first-order valence-electron chi connectivity index (χ1n) is 3.15. The lowest BCUT2D eigenvalue weighted by atomic mass is 10.1. The third-order valence-corrected chi connectivity index (χ3v) is 1.15. The van der Waals surface area contributed by atoms with Crippen LogP contribution in [-0.4, -0.2) is 22.4 Å². The van der Waals surface area contributed by atoms with Crippen molar-refractivity contribution in [3.05, 3.63) is 12.7 Å². The van der Waals surface area contributed by atoms with Crippen LogP contribution in [0.5, 0.6) is 0 Å². The van der Waals surface area contributed by atoms with Crippen LogP contribution in [0.3, 0.4) is 0 Å². The van der Waals surface area contributed by atoms with Crippen LogP contribution in [-0.2, 0) is 0 Å². The summed E-state index contributed by atoms with van der Waals surface area (Å²) in [5.74, 6) is 0. The summed E-state index contributed by atoms with van der Waals surface area (Å²) < 4.78 is 0. The Hall–Kier alpha value is -0.340. The zero-order chi connectivity index (χ0) is 7.28. The van der Waals surface area contributed by atoms with Crippen LogP contribution in [0, 0.1) is 0 Å². The molecule has 2 heteroatoms. The van der Waals surface area contributed by atoms with Gasteiger partial charge in [-0.15, -0.1) is 6.58 Å². The Bertz CT molecular complexity index is 79.0. The molecule has 0 amide bonds. The van der Waals surface area contributed by atoms with Gasteiger partial charge in [0.2, 0.25) is 0 Å². The zero-order valence-electron chi connectivity index (χ0n) is 5.75. The van der Waals surface area contributed by atoms with Crippen molar-refractivity contribution in [3.63, 3.8) is 0 Å². The van der Waals surface area contributed by atoms with E-state index in [0.29, 0.717) is 12.8 Å². The van der Waals surface area contributed by atoms with Gasteiger partial charge < -0.3 is 10.2 Å².